The Balaban J connectivity index is 2.06. The molecule has 1 aliphatic carbocycles. The number of benzene rings is 2. The highest BCUT2D eigenvalue weighted by Gasteiger charge is 2.33. The number of fused-ring (bicyclic) bond motifs is 1. The van der Waals surface area contributed by atoms with Crippen molar-refractivity contribution in [2.24, 2.45) is 0 Å². The Morgan fingerprint density at radius 3 is 1.91 bits per heavy atom. The number of Topliss-reactive ketones (excluding diaryl/α,β-unsaturated/α-hetero) is 2. The van der Waals surface area contributed by atoms with Gasteiger partial charge in [0, 0.05) is 11.1 Å². The Morgan fingerprint density at radius 1 is 0.783 bits per heavy atom. The van der Waals surface area contributed by atoms with E-state index in [4.69, 9.17) is 11.6 Å². The van der Waals surface area contributed by atoms with E-state index in [0.717, 1.165) is 0 Å². The summed E-state index contributed by atoms with van der Waals surface area (Å²) in [5.74, 6) is -1.22. The van der Waals surface area contributed by atoms with Gasteiger partial charge in [-0.3, -0.25) is 14.3 Å². The molecule has 0 bridgehead atoms. The van der Waals surface area contributed by atoms with Gasteiger partial charge < -0.3 is 0 Å². The zero-order valence-corrected chi connectivity index (χ0v) is 13.2. The minimum atomic E-state index is -4.02. The molecule has 0 spiro atoms. The standard InChI is InChI=1S/C16H10ClNO4S/c17-13-14(18-23(21,22)10-6-2-1-3-7-10)16(20)12-9-5-4-8-11(12)15(13)19/h1-9,18H. The zero-order chi connectivity index (χ0) is 16.6. The van der Waals surface area contributed by atoms with Crippen molar-refractivity contribution in [3.05, 3.63) is 76.5 Å². The van der Waals surface area contributed by atoms with Gasteiger partial charge in [0.2, 0.25) is 11.6 Å². The summed E-state index contributed by atoms with van der Waals surface area (Å²) in [4.78, 5) is 24.6. The third-order valence-corrected chi connectivity index (χ3v) is 5.08. The second kappa shape index (κ2) is 5.64. The Hall–Kier alpha value is -2.44. The Kier molecular flexibility index (Phi) is 3.79. The Labute approximate surface area is 137 Å². The van der Waals surface area contributed by atoms with Crippen molar-refractivity contribution < 1.29 is 18.0 Å². The van der Waals surface area contributed by atoms with Crippen LogP contribution in [-0.4, -0.2) is 20.0 Å². The molecule has 0 unspecified atom stereocenters. The van der Waals surface area contributed by atoms with Gasteiger partial charge in [-0.15, -0.1) is 0 Å². The minimum Gasteiger partial charge on any atom is -0.287 e. The summed E-state index contributed by atoms with van der Waals surface area (Å²) in [6.07, 6.45) is 0. The van der Waals surface area contributed by atoms with Crippen LogP contribution in [0.1, 0.15) is 20.7 Å². The first-order valence-electron chi connectivity index (χ1n) is 6.58. The fourth-order valence-electron chi connectivity index (χ4n) is 2.23. The van der Waals surface area contributed by atoms with E-state index in [9.17, 15) is 18.0 Å². The normalized spacial score (nSPS) is 14.7. The van der Waals surface area contributed by atoms with Gasteiger partial charge in [-0.1, -0.05) is 54.1 Å². The number of ketones is 2. The van der Waals surface area contributed by atoms with Crippen LogP contribution in [0, 0.1) is 0 Å². The highest BCUT2D eigenvalue weighted by atomic mass is 35.5. The number of sulfonamides is 1. The van der Waals surface area contributed by atoms with Crippen LogP contribution in [0.15, 0.2) is 70.2 Å². The molecule has 0 fully saturated rings. The molecule has 5 nitrogen and oxygen atoms in total. The van der Waals surface area contributed by atoms with Crippen LogP contribution in [0.2, 0.25) is 0 Å². The molecular weight excluding hydrogens is 338 g/mol. The molecular formula is C16H10ClNO4S. The van der Waals surface area contributed by atoms with E-state index in [1.807, 2.05) is 0 Å². The van der Waals surface area contributed by atoms with Crippen LogP contribution in [0.25, 0.3) is 0 Å². The quantitative estimate of drug-likeness (QED) is 0.925. The average Bonchev–Trinajstić information content (AvgIpc) is 2.57. The highest BCUT2D eigenvalue weighted by molar-refractivity contribution is 7.89. The van der Waals surface area contributed by atoms with Crippen LogP contribution in [0.5, 0.6) is 0 Å². The maximum atomic E-state index is 12.5. The molecule has 7 heteroatoms. The molecule has 3 rings (SSSR count). The van der Waals surface area contributed by atoms with E-state index in [2.05, 4.69) is 4.72 Å². The predicted octanol–water partition coefficient (Wildman–Crippen LogP) is 2.49. The van der Waals surface area contributed by atoms with E-state index in [-0.39, 0.29) is 16.0 Å². The third kappa shape index (κ3) is 2.67. The fourth-order valence-corrected chi connectivity index (χ4v) is 3.62. The topological polar surface area (TPSA) is 80.3 Å². The van der Waals surface area contributed by atoms with Crippen molar-refractivity contribution >= 4 is 33.2 Å². The number of halogens is 1. The lowest BCUT2D eigenvalue weighted by Crippen LogP contribution is -2.33. The van der Waals surface area contributed by atoms with Crippen molar-refractivity contribution in [2.75, 3.05) is 0 Å². The fraction of sp³-hybridized carbons (Fsp3) is 0. The van der Waals surface area contributed by atoms with Gasteiger partial charge in [-0.2, -0.15) is 0 Å². The van der Waals surface area contributed by atoms with E-state index in [1.54, 1.807) is 30.3 Å². The molecule has 0 aromatic heterocycles. The summed E-state index contributed by atoms with van der Waals surface area (Å²) < 4.78 is 26.8. The molecule has 2 aromatic carbocycles. The lowest BCUT2D eigenvalue weighted by atomic mass is 9.93. The molecule has 1 N–H and O–H groups in total. The van der Waals surface area contributed by atoms with Crippen molar-refractivity contribution in [2.45, 2.75) is 4.90 Å². The Morgan fingerprint density at radius 2 is 1.30 bits per heavy atom. The number of nitrogens with one attached hydrogen (secondary N) is 1. The van der Waals surface area contributed by atoms with Crippen molar-refractivity contribution in [1.29, 1.82) is 0 Å². The minimum absolute atomic E-state index is 0.0314. The van der Waals surface area contributed by atoms with Crippen LogP contribution in [0.4, 0.5) is 0 Å². The summed E-state index contributed by atoms with van der Waals surface area (Å²) in [5.41, 5.74) is -0.156. The van der Waals surface area contributed by atoms with E-state index in [0.29, 0.717) is 0 Å². The van der Waals surface area contributed by atoms with Gasteiger partial charge in [-0.05, 0) is 12.1 Å². The first kappa shape index (κ1) is 15.5. The zero-order valence-electron chi connectivity index (χ0n) is 11.6. The van der Waals surface area contributed by atoms with Gasteiger partial charge in [-0.25, -0.2) is 8.42 Å². The second-order valence-corrected chi connectivity index (χ2v) is 6.87. The predicted molar refractivity (Wildman–Crippen MR) is 84.7 cm³/mol. The van der Waals surface area contributed by atoms with Crippen molar-refractivity contribution in [3.63, 3.8) is 0 Å². The lowest BCUT2D eigenvalue weighted by molar-refractivity contribution is 0.0977. The molecule has 1 aliphatic rings. The molecule has 0 radical (unpaired) electrons. The largest absolute Gasteiger partial charge is 0.287 e. The number of carbonyl (C=O) groups excluding carboxylic acids is 2. The van der Waals surface area contributed by atoms with Crippen LogP contribution in [0.3, 0.4) is 0 Å². The molecule has 0 saturated carbocycles. The molecule has 0 saturated heterocycles. The number of carbonyl (C=O) groups is 2. The maximum absolute atomic E-state index is 12.5. The smallest absolute Gasteiger partial charge is 0.262 e. The highest BCUT2D eigenvalue weighted by Crippen LogP contribution is 2.28. The van der Waals surface area contributed by atoms with E-state index >= 15 is 0 Å². The van der Waals surface area contributed by atoms with Crippen LogP contribution in [-0.2, 0) is 10.0 Å². The first-order valence-corrected chi connectivity index (χ1v) is 8.44. The van der Waals surface area contributed by atoms with Crippen LogP contribution < -0.4 is 4.72 Å². The lowest BCUT2D eigenvalue weighted by Gasteiger charge is -2.18. The summed E-state index contributed by atoms with van der Waals surface area (Å²) in [7, 11) is -4.02. The monoisotopic (exact) mass is 347 g/mol. The number of hydrogen-bond acceptors (Lipinski definition) is 4. The summed E-state index contributed by atoms with van der Waals surface area (Å²) >= 11 is 5.93. The first-order chi connectivity index (χ1) is 10.9. The molecule has 116 valence electrons. The van der Waals surface area contributed by atoms with Gasteiger partial charge in [0.15, 0.2) is 0 Å². The number of rotatable bonds is 3. The van der Waals surface area contributed by atoms with Gasteiger partial charge in [0.1, 0.15) is 10.7 Å². The van der Waals surface area contributed by atoms with Gasteiger partial charge >= 0.3 is 0 Å². The van der Waals surface area contributed by atoms with Crippen molar-refractivity contribution in [3.8, 4) is 0 Å². The maximum Gasteiger partial charge on any atom is 0.262 e. The second-order valence-electron chi connectivity index (χ2n) is 4.81. The number of allylic oxidation sites excluding steroid dienone is 2. The van der Waals surface area contributed by atoms with Crippen molar-refractivity contribution in [1.82, 2.24) is 4.72 Å². The van der Waals surface area contributed by atoms with Gasteiger partial charge in [0.05, 0.1) is 4.90 Å². The third-order valence-electron chi connectivity index (χ3n) is 3.35. The number of hydrogen-bond donors (Lipinski definition) is 1. The SMILES string of the molecule is O=C1C(Cl)=C(NS(=O)(=O)c2ccccc2)C(=O)c2ccccc21. The molecule has 0 atom stereocenters. The van der Waals surface area contributed by atoms with E-state index in [1.165, 1.54) is 24.3 Å². The molecule has 0 heterocycles. The van der Waals surface area contributed by atoms with E-state index < -0.39 is 32.3 Å². The molecule has 0 aliphatic heterocycles. The molecule has 0 amide bonds. The van der Waals surface area contributed by atoms with Crippen LogP contribution >= 0.6 is 11.6 Å². The molecule has 23 heavy (non-hydrogen) atoms. The molecule has 2 aromatic rings. The Bertz CT molecular complexity index is 949. The van der Waals surface area contributed by atoms with Gasteiger partial charge in [0.25, 0.3) is 10.0 Å². The average molecular weight is 348 g/mol. The summed E-state index contributed by atoms with van der Waals surface area (Å²) in [6, 6.07) is 13.6. The summed E-state index contributed by atoms with van der Waals surface area (Å²) in [6.45, 7) is 0. The summed E-state index contributed by atoms with van der Waals surface area (Å²) in [5, 5.41) is -0.437.